The zero-order valence-electron chi connectivity index (χ0n) is 11.0. The number of nitrogens with zero attached hydrogens (tertiary/aromatic N) is 4. The van der Waals surface area contributed by atoms with E-state index < -0.39 is 0 Å². The number of anilines is 2. The summed E-state index contributed by atoms with van der Waals surface area (Å²) in [6.07, 6.45) is 2.42. The van der Waals surface area contributed by atoms with Crippen LogP contribution in [0.15, 0.2) is 36.7 Å². The monoisotopic (exact) mass is 253 g/mol. The summed E-state index contributed by atoms with van der Waals surface area (Å²) in [5, 5.41) is 7.66. The maximum absolute atomic E-state index is 4.46. The largest absolute Gasteiger partial charge is 0.340 e. The Morgan fingerprint density at radius 1 is 1.21 bits per heavy atom. The molecule has 19 heavy (non-hydrogen) atoms. The van der Waals surface area contributed by atoms with Gasteiger partial charge in [-0.15, -0.1) is 0 Å². The van der Waals surface area contributed by atoms with Crippen LogP contribution in [0.25, 0.3) is 5.78 Å². The minimum absolute atomic E-state index is 0.619. The molecule has 0 spiro atoms. The maximum Gasteiger partial charge on any atom is 0.254 e. The van der Waals surface area contributed by atoms with Gasteiger partial charge in [-0.3, -0.25) is 0 Å². The molecule has 5 nitrogen and oxygen atoms in total. The van der Waals surface area contributed by atoms with Crippen molar-refractivity contribution in [2.45, 2.75) is 20.3 Å². The molecule has 0 unspecified atom stereocenters. The van der Waals surface area contributed by atoms with Gasteiger partial charge in [0.15, 0.2) is 0 Å². The van der Waals surface area contributed by atoms with E-state index >= 15 is 0 Å². The molecular formula is C14H15N5. The molecule has 3 aromatic rings. The number of rotatable bonds is 3. The van der Waals surface area contributed by atoms with Crippen molar-refractivity contribution in [3.05, 3.63) is 47.9 Å². The van der Waals surface area contributed by atoms with E-state index in [1.807, 2.05) is 37.3 Å². The van der Waals surface area contributed by atoms with Gasteiger partial charge in [-0.1, -0.05) is 25.1 Å². The summed E-state index contributed by atoms with van der Waals surface area (Å²) < 4.78 is 1.75. The number of para-hydroxylation sites is 1. The normalized spacial score (nSPS) is 10.8. The van der Waals surface area contributed by atoms with Crippen LogP contribution in [0.5, 0.6) is 0 Å². The third-order valence-electron chi connectivity index (χ3n) is 3.12. The number of aromatic nitrogens is 4. The zero-order chi connectivity index (χ0) is 13.2. The molecule has 2 aromatic heterocycles. The fourth-order valence-electron chi connectivity index (χ4n) is 2.20. The SMILES string of the molecule is CCc1c(C)nc2ncnn2c1Nc1ccccc1. The van der Waals surface area contributed by atoms with E-state index in [2.05, 4.69) is 27.3 Å². The molecule has 3 rings (SSSR count). The Balaban J connectivity index is 2.17. The van der Waals surface area contributed by atoms with Gasteiger partial charge < -0.3 is 5.32 Å². The summed E-state index contributed by atoms with van der Waals surface area (Å²) in [7, 11) is 0. The highest BCUT2D eigenvalue weighted by Gasteiger charge is 2.12. The van der Waals surface area contributed by atoms with Crippen LogP contribution < -0.4 is 5.32 Å². The number of hydrogen-bond acceptors (Lipinski definition) is 4. The molecule has 0 radical (unpaired) electrons. The Hall–Kier alpha value is -2.43. The summed E-state index contributed by atoms with van der Waals surface area (Å²) in [6.45, 7) is 4.12. The lowest BCUT2D eigenvalue weighted by atomic mass is 10.1. The fraction of sp³-hybridized carbons (Fsp3) is 0.214. The third-order valence-corrected chi connectivity index (χ3v) is 3.12. The van der Waals surface area contributed by atoms with Crippen LogP contribution in [0, 0.1) is 6.92 Å². The van der Waals surface area contributed by atoms with E-state index in [4.69, 9.17) is 0 Å². The van der Waals surface area contributed by atoms with Crippen LogP contribution in [0.1, 0.15) is 18.2 Å². The van der Waals surface area contributed by atoms with Crippen molar-refractivity contribution < 1.29 is 0 Å². The second-order valence-corrected chi connectivity index (χ2v) is 4.34. The Bertz CT molecular complexity index is 702. The average molecular weight is 253 g/mol. The topological polar surface area (TPSA) is 55.1 Å². The molecule has 0 fully saturated rings. The van der Waals surface area contributed by atoms with Crippen molar-refractivity contribution in [1.82, 2.24) is 19.6 Å². The molecule has 2 heterocycles. The van der Waals surface area contributed by atoms with Crippen LogP contribution in [0.4, 0.5) is 11.5 Å². The lowest BCUT2D eigenvalue weighted by molar-refractivity contribution is 0.903. The number of fused-ring (bicyclic) bond motifs is 1. The van der Waals surface area contributed by atoms with E-state index in [1.165, 1.54) is 6.33 Å². The van der Waals surface area contributed by atoms with Gasteiger partial charge in [-0.25, -0.2) is 4.98 Å². The molecule has 0 bridgehead atoms. The predicted molar refractivity (Wildman–Crippen MR) is 74.6 cm³/mol. The quantitative estimate of drug-likeness (QED) is 0.779. The summed E-state index contributed by atoms with van der Waals surface area (Å²) in [6, 6.07) is 10.0. The fourth-order valence-corrected chi connectivity index (χ4v) is 2.20. The first-order valence-corrected chi connectivity index (χ1v) is 6.31. The Morgan fingerprint density at radius 2 is 2.00 bits per heavy atom. The molecule has 0 aliphatic rings. The summed E-state index contributed by atoms with van der Waals surface area (Å²) >= 11 is 0. The second-order valence-electron chi connectivity index (χ2n) is 4.34. The molecule has 1 N–H and O–H groups in total. The number of hydrogen-bond donors (Lipinski definition) is 1. The minimum Gasteiger partial charge on any atom is -0.340 e. The smallest absolute Gasteiger partial charge is 0.254 e. The number of nitrogens with one attached hydrogen (secondary N) is 1. The van der Waals surface area contributed by atoms with Crippen molar-refractivity contribution in [3.8, 4) is 0 Å². The first-order chi connectivity index (χ1) is 9.29. The minimum atomic E-state index is 0.619. The third kappa shape index (κ3) is 2.03. The summed E-state index contributed by atoms with van der Waals surface area (Å²) in [5.41, 5.74) is 3.17. The number of aryl methyl sites for hydroxylation is 1. The lowest BCUT2D eigenvalue weighted by Gasteiger charge is -2.13. The zero-order valence-corrected chi connectivity index (χ0v) is 11.0. The van der Waals surface area contributed by atoms with Crippen molar-refractivity contribution in [2.75, 3.05) is 5.32 Å². The van der Waals surface area contributed by atoms with E-state index in [-0.39, 0.29) is 0 Å². The highest BCUT2D eigenvalue weighted by atomic mass is 15.4. The first-order valence-electron chi connectivity index (χ1n) is 6.31. The van der Waals surface area contributed by atoms with Gasteiger partial charge >= 0.3 is 0 Å². The molecular weight excluding hydrogens is 238 g/mol. The lowest BCUT2D eigenvalue weighted by Crippen LogP contribution is -2.08. The Labute approximate surface area is 111 Å². The van der Waals surface area contributed by atoms with E-state index in [0.29, 0.717) is 5.78 Å². The molecule has 5 heteroatoms. The molecule has 0 amide bonds. The molecule has 0 aliphatic heterocycles. The van der Waals surface area contributed by atoms with Crippen molar-refractivity contribution in [3.63, 3.8) is 0 Å². The van der Waals surface area contributed by atoms with Crippen LogP contribution in [0.3, 0.4) is 0 Å². The first kappa shape index (κ1) is 11.6. The Kier molecular flexibility index (Phi) is 2.87. The van der Waals surface area contributed by atoms with E-state index in [9.17, 15) is 0 Å². The predicted octanol–water partition coefficient (Wildman–Crippen LogP) is 2.74. The second kappa shape index (κ2) is 4.68. The summed E-state index contributed by atoms with van der Waals surface area (Å²) in [5.74, 6) is 1.56. The molecule has 0 saturated carbocycles. The van der Waals surface area contributed by atoms with Crippen molar-refractivity contribution in [2.24, 2.45) is 0 Å². The van der Waals surface area contributed by atoms with Gasteiger partial charge in [0.25, 0.3) is 5.78 Å². The van der Waals surface area contributed by atoms with Gasteiger partial charge in [0.1, 0.15) is 12.1 Å². The van der Waals surface area contributed by atoms with Crippen LogP contribution >= 0.6 is 0 Å². The van der Waals surface area contributed by atoms with Gasteiger partial charge in [-0.2, -0.15) is 14.6 Å². The summed E-state index contributed by atoms with van der Waals surface area (Å²) in [4.78, 5) is 8.62. The van der Waals surface area contributed by atoms with Gasteiger partial charge in [0.05, 0.1) is 0 Å². The molecule has 0 atom stereocenters. The highest BCUT2D eigenvalue weighted by molar-refractivity contribution is 5.62. The standard InChI is InChI=1S/C14H15N5/c1-3-12-10(2)17-14-15-9-16-19(14)13(12)18-11-7-5-4-6-8-11/h4-9,18H,3H2,1-2H3. The van der Waals surface area contributed by atoms with Crippen LogP contribution in [-0.2, 0) is 6.42 Å². The molecule has 96 valence electrons. The van der Waals surface area contributed by atoms with E-state index in [0.717, 1.165) is 29.2 Å². The molecule has 0 aliphatic carbocycles. The van der Waals surface area contributed by atoms with Gasteiger partial charge in [0.2, 0.25) is 0 Å². The van der Waals surface area contributed by atoms with Crippen molar-refractivity contribution in [1.29, 1.82) is 0 Å². The maximum atomic E-state index is 4.46. The van der Waals surface area contributed by atoms with E-state index in [1.54, 1.807) is 4.52 Å². The van der Waals surface area contributed by atoms with Crippen LogP contribution in [-0.4, -0.2) is 19.6 Å². The van der Waals surface area contributed by atoms with Crippen LogP contribution in [0.2, 0.25) is 0 Å². The number of benzene rings is 1. The molecule has 0 saturated heterocycles. The Morgan fingerprint density at radius 3 is 2.74 bits per heavy atom. The average Bonchev–Trinajstić information content (AvgIpc) is 2.88. The highest BCUT2D eigenvalue weighted by Crippen LogP contribution is 2.23. The van der Waals surface area contributed by atoms with Gasteiger partial charge in [-0.05, 0) is 25.5 Å². The van der Waals surface area contributed by atoms with Crippen molar-refractivity contribution >= 4 is 17.3 Å². The van der Waals surface area contributed by atoms with Gasteiger partial charge in [0, 0.05) is 16.9 Å². The molecule has 1 aromatic carbocycles.